The molecule has 20 heavy (non-hydrogen) atoms. The molecule has 1 aliphatic carbocycles. The molecule has 1 aliphatic rings. The first-order chi connectivity index (χ1) is 9.61. The highest BCUT2D eigenvalue weighted by atomic mass is 16.5. The van der Waals surface area contributed by atoms with Crippen LogP contribution in [-0.4, -0.2) is 12.6 Å². The van der Waals surface area contributed by atoms with Crippen molar-refractivity contribution in [3.8, 4) is 5.75 Å². The zero-order valence-electron chi connectivity index (χ0n) is 13.0. The van der Waals surface area contributed by atoms with Crippen LogP contribution in [0.3, 0.4) is 0 Å². The van der Waals surface area contributed by atoms with Gasteiger partial charge in [-0.15, -0.1) is 0 Å². The van der Waals surface area contributed by atoms with Gasteiger partial charge in [0.25, 0.3) is 0 Å². The molecule has 3 heteroatoms. The summed E-state index contributed by atoms with van der Waals surface area (Å²) in [4.78, 5) is 0. The molecule has 1 aromatic carbocycles. The predicted molar refractivity (Wildman–Crippen MR) is 86.2 cm³/mol. The van der Waals surface area contributed by atoms with Crippen LogP contribution in [-0.2, 0) is 0 Å². The largest absolute Gasteiger partial charge is 0.491 e. The second kappa shape index (κ2) is 6.87. The smallest absolute Gasteiger partial charge is 0.144 e. The molecule has 2 rings (SSSR count). The minimum atomic E-state index is 0.532. The topological polar surface area (TPSA) is 47.3 Å². The Morgan fingerprint density at radius 2 is 2.05 bits per heavy atom. The van der Waals surface area contributed by atoms with Crippen molar-refractivity contribution < 1.29 is 4.74 Å². The number of nitrogen functional groups attached to an aromatic ring is 1. The number of para-hydroxylation sites is 1. The molecule has 1 aromatic rings. The number of nitrogens with two attached hydrogens (primary N) is 1. The summed E-state index contributed by atoms with van der Waals surface area (Å²) < 4.78 is 5.69. The van der Waals surface area contributed by atoms with Crippen LogP contribution in [0, 0.1) is 11.8 Å². The molecular formula is C17H28N2O. The molecule has 0 amide bonds. The summed E-state index contributed by atoms with van der Waals surface area (Å²) in [5.41, 5.74) is 7.98. The van der Waals surface area contributed by atoms with E-state index in [9.17, 15) is 0 Å². The van der Waals surface area contributed by atoms with Gasteiger partial charge >= 0.3 is 0 Å². The maximum absolute atomic E-state index is 6.22. The van der Waals surface area contributed by atoms with Crippen molar-refractivity contribution in [3.63, 3.8) is 0 Å². The summed E-state index contributed by atoms with van der Waals surface area (Å²) in [6.07, 6.45) is 4.74. The first-order valence-corrected chi connectivity index (χ1v) is 7.89. The van der Waals surface area contributed by atoms with Crippen LogP contribution in [0.4, 0.5) is 11.4 Å². The van der Waals surface area contributed by atoms with E-state index in [4.69, 9.17) is 10.5 Å². The van der Waals surface area contributed by atoms with Crippen LogP contribution in [0.1, 0.15) is 46.5 Å². The maximum Gasteiger partial charge on any atom is 0.144 e. The van der Waals surface area contributed by atoms with Crippen LogP contribution in [0.2, 0.25) is 0 Å². The zero-order chi connectivity index (χ0) is 14.5. The van der Waals surface area contributed by atoms with Crippen LogP contribution in [0.5, 0.6) is 5.75 Å². The Morgan fingerprint density at radius 3 is 2.75 bits per heavy atom. The van der Waals surface area contributed by atoms with E-state index in [-0.39, 0.29) is 0 Å². The fourth-order valence-corrected chi connectivity index (χ4v) is 2.91. The Hall–Kier alpha value is -1.38. The molecule has 0 aromatic heterocycles. The van der Waals surface area contributed by atoms with E-state index in [0.717, 1.165) is 35.4 Å². The Kier molecular flexibility index (Phi) is 5.16. The predicted octanol–water partition coefficient (Wildman–Crippen LogP) is 4.29. The standard InChI is InChI=1S/C17H28N2O/c1-4-10-20-16-7-5-6-15(17(16)18)19-14-9-8-12(2)13(3)11-14/h5-7,12-14,19H,4,8-11,18H2,1-3H3. The molecule has 3 atom stereocenters. The van der Waals surface area contributed by atoms with Crippen LogP contribution >= 0.6 is 0 Å². The second-order valence-electron chi connectivity index (χ2n) is 6.17. The van der Waals surface area contributed by atoms with E-state index in [2.05, 4.69) is 32.2 Å². The fraction of sp³-hybridized carbons (Fsp3) is 0.647. The quantitative estimate of drug-likeness (QED) is 0.788. The molecule has 0 saturated heterocycles. The monoisotopic (exact) mass is 276 g/mol. The minimum absolute atomic E-state index is 0.532. The highest BCUT2D eigenvalue weighted by molar-refractivity contribution is 5.73. The SMILES string of the molecule is CCCOc1cccc(NC2CCC(C)C(C)C2)c1N. The molecule has 3 N–H and O–H groups in total. The number of ether oxygens (including phenoxy) is 1. The molecule has 0 spiro atoms. The molecule has 1 fully saturated rings. The lowest BCUT2D eigenvalue weighted by Gasteiger charge is -2.33. The van der Waals surface area contributed by atoms with Crippen molar-refractivity contribution in [1.29, 1.82) is 0 Å². The Balaban J connectivity index is 2.02. The third kappa shape index (κ3) is 3.59. The molecule has 1 saturated carbocycles. The lowest BCUT2D eigenvalue weighted by atomic mass is 9.79. The van der Waals surface area contributed by atoms with E-state index < -0.39 is 0 Å². The number of rotatable bonds is 5. The second-order valence-corrected chi connectivity index (χ2v) is 6.17. The van der Waals surface area contributed by atoms with Gasteiger partial charge in [-0.05, 0) is 49.7 Å². The third-order valence-corrected chi connectivity index (χ3v) is 4.49. The van der Waals surface area contributed by atoms with Crippen molar-refractivity contribution >= 4 is 11.4 Å². The van der Waals surface area contributed by atoms with E-state index in [1.54, 1.807) is 0 Å². The van der Waals surface area contributed by atoms with Crippen molar-refractivity contribution in [3.05, 3.63) is 18.2 Å². The number of hydrogen-bond acceptors (Lipinski definition) is 3. The van der Waals surface area contributed by atoms with Gasteiger partial charge in [0.15, 0.2) is 0 Å². The fourth-order valence-electron chi connectivity index (χ4n) is 2.91. The van der Waals surface area contributed by atoms with Crippen molar-refractivity contribution in [2.24, 2.45) is 11.8 Å². The molecule has 0 bridgehead atoms. The van der Waals surface area contributed by atoms with Gasteiger partial charge in [-0.25, -0.2) is 0 Å². The van der Waals surface area contributed by atoms with E-state index in [1.807, 2.05) is 12.1 Å². The molecular weight excluding hydrogens is 248 g/mol. The number of nitrogens with one attached hydrogen (secondary N) is 1. The summed E-state index contributed by atoms with van der Waals surface area (Å²) in [5.74, 6) is 2.42. The average molecular weight is 276 g/mol. The summed E-state index contributed by atoms with van der Waals surface area (Å²) in [6.45, 7) is 7.52. The van der Waals surface area contributed by atoms with Crippen molar-refractivity contribution in [2.75, 3.05) is 17.7 Å². The van der Waals surface area contributed by atoms with Gasteiger partial charge in [0.1, 0.15) is 5.75 Å². The normalized spacial score (nSPS) is 26.2. The third-order valence-electron chi connectivity index (χ3n) is 4.49. The van der Waals surface area contributed by atoms with Gasteiger partial charge in [0.05, 0.1) is 18.0 Å². The number of benzene rings is 1. The van der Waals surface area contributed by atoms with E-state index in [1.165, 1.54) is 19.3 Å². The highest BCUT2D eigenvalue weighted by Crippen LogP contribution is 2.34. The zero-order valence-corrected chi connectivity index (χ0v) is 13.0. The minimum Gasteiger partial charge on any atom is -0.491 e. The highest BCUT2D eigenvalue weighted by Gasteiger charge is 2.24. The lowest BCUT2D eigenvalue weighted by molar-refractivity contribution is 0.261. The molecule has 0 aliphatic heterocycles. The molecule has 112 valence electrons. The van der Waals surface area contributed by atoms with Gasteiger partial charge in [-0.2, -0.15) is 0 Å². The van der Waals surface area contributed by atoms with Crippen LogP contribution in [0.15, 0.2) is 18.2 Å². The van der Waals surface area contributed by atoms with Crippen molar-refractivity contribution in [2.45, 2.75) is 52.5 Å². The van der Waals surface area contributed by atoms with Gasteiger partial charge in [-0.3, -0.25) is 0 Å². The molecule has 0 radical (unpaired) electrons. The summed E-state index contributed by atoms with van der Waals surface area (Å²) in [6, 6.07) is 6.54. The van der Waals surface area contributed by atoms with Crippen LogP contribution in [0.25, 0.3) is 0 Å². The maximum atomic E-state index is 6.22. The first-order valence-electron chi connectivity index (χ1n) is 7.89. The summed E-state index contributed by atoms with van der Waals surface area (Å²) in [7, 11) is 0. The lowest BCUT2D eigenvalue weighted by Crippen LogP contribution is -2.30. The first kappa shape index (κ1) is 15.0. The van der Waals surface area contributed by atoms with Gasteiger partial charge in [-0.1, -0.05) is 26.8 Å². The van der Waals surface area contributed by atoms with Gasteiger partial charge in [0, 0.05) is 6.04 Å². The van der Waals surface area contributed by atoms with E-state index >= 15 is 0 Å². The number of hydrogen-bond donors (Lipinski definition) is 2. The average Bonchev–Trinajstić information content (AvgIpc) is 2.44. The van der Waals surface area contributed by atoms with Crippen molar-refractivity contribution in [1.82, 2.24) is 0 Å². The van der Waals surface area contributed by atoms with Crippen LogP contribution < -0.4 is 15.8 Å². The Morgan fingerprint density at radius 1 is 1.25 bits per heavy atom. The molecule has 0 heterocycles. The summed E-state index contributed by atoms with van der Waals surface area (Å²) in [5, 5.41) is 3.61. The summed E-state index contributed by atoms with van der Waals surface area (Å²) >= 11 is 0. The Labute approximate surface area is 122 Å². The number of anilines is 2. The van der Waals surface area contributed by atoms with Gasteiger partial charge < -0.3 is 15.8 Å². The Bertz CT molecular complexity index is 433. The molecule has 3 nitrogen and oxygen atoms in total. The van der Waals surface area contributed by atoms with E-state index in [0.29, 0.717) is 12.6 Å². The van der Waals surface area contributed by atoms with Gasteiger partial charge in [0.2, 0.25) is 0 Å². The molecule has 3 unspecified atom stereocenters.